The lowest BCUT2D eigenvalue weighted by Gasteiger charge is -1.97. The summed E-state index contributed by atoms with van der Waals surface area (Å²) in [7, 11) is 0. The number of aromatic nitrogens is 2. The SMILES string of the molecule is CCOC(=O)/C(C#N)=C/c1ncc[nH]1. The molecule has 1 N–H and O–H groups in total. The zero-order chi connectivity index (χ0) is 10.4. The predicted octanol–water partition coefficient (Wildman–Crippen LogP) is 0.880. The summed E-state index contributed by atoms with van der Waals surface area (Å²) in [6.45, 7) is 1.93. The molecule has 5 nitrogen and oxygen atoms in total. The van der Waals surface area contributed by atoms with Gasteiger partial charge < -0.3 is 9.72 Å². The van der Waals surface area contributed by atoms with Gasteiger partial charge in [0.1, 0.15) is 17.5 Å². The van der Waals surface area contributed by atoms with Gasteiger partial charge in [-0.1, -0.05) is 0 Å². The zero-order valence-electron chi connectivity index (χ0n) is 7.65. The molecule has 0 unspecified atom stereocenters. The van der Waals surface area contributed by atoms with E-state index >= 15 is 0 Å². The van der Waals surface area contributed by atoms with Gasteiger partial charge in [-0.15, -0.1) is 0 Å². The number of nitrogens with zero attached hydrogens (tertiary/aromatic N) is 2. The first kappa shape index (κ1) is 9.99. The third-order valence-electron chi connectivity index (χ3n) is 1.42. The standard InChI is InChI=1S/C9H9N3O2/c1-2-14-9(13)7(6-10)5-8-11-3-4-12-8/h3-5H,2H2,1H3,(H,11,12)/b7-5+. The number of hydrogen-bond donors (Lipinski definition) is 1. The maximum absolute atomic E-state index is 11.1. The molecule has 14 heavy (non-hydrogen) atoms. The monoisotopic (exact) mass is 191 g/mol. The molecule has 1 rings (SSSR count). The van der Waals surface area contributed by atoms with Gasteiger partial charge in [-0.2, -0.15) is 5.26 Å². The fourth-order valence-electron chi connectivity index (χ4n) is 0.839. The number of nitriles is 1. The van der Waals surface area contributed by atoms with Crippen LogP contribution >= 0.6 is 0 Å². The molecule has 72 valence electrons. The number of esters is 1. The van der Waals surface area contributed by atoms with Gasteiger partial charge >= 0.3 is 5.97 Å². The van der Waals surface area contributed by atoms with E-state index in [0.717, 1.165) is 0 Å². The molecule has 0 aromatic carbocycles. The van der Waals surface area contributed by atoms with Crippen molar-refractivity contribution in [2.75, 3.05) is 6.61 Å². The van der Waals surface area contributed by atoms with Crippen molar-refractivity contribution in [2.45, 2.75) is 6.92 Å². The highest BCUT2D eigenvalue weighted by Gasteiger charge is 2.09. The van der Waals surface area contributed by atoms with Gasteiger partial charge in [0.25, 0.3) is 0 Å². The number of imidazole rings is 1. The van der Waals surface area contributed by atoms with Crippen LogP contribution in [0.2, 0.25) is 0 Å². The van der Waals surface area contributed by atoms with Gasteiger partial charge in [-0.3, -0.25) is 0 Å². The van der Waals surface area contributed by atoms with Gasteiger partial charge in [-0.05, 0) is 6.92 Å². The van der Waals surface area contributed by atoms with Crippen LogP contribution in [-0.4, -0.2) is 22.5 Å². The van der Waals surface area contributed by atoms with Crippen LogP contribution in [-0.2, 0) is 9.53 Å². The summed E-state index contributed by atoms with van der Waals surface area (Å²) in [5.41, 5.74) is -0.0678. The van der Waals surface area contributed by atoms with E-state index < -0.39 is 5.97 Å². The number of H-pyrrole nitrogens is 1. The summed E-state index contributed by atoms with van der Waals surface area (Å²) >= 11 is 0. The first-order chi connectivity index (χ1) is 6.77. The first-order valence-electron chi connectivity index (χ1n) is 4.06. The number of ether oxygens (including phenoxy) is 1. The van der Waals surface area contributed by atoms with Crippen molar-refractivity contribution in [3.8, 4) is 6.07 Å². The predicted molar refractivity (Wildman–Crippen MR) is 48.8 cm³/mol. The summed E-state index contributed by atoms with van der Waals surface area (Å²) in [5, 5.41) is 8.66. The van der Waals surface area contributed by atoms with Crippen LogP contribution < -0.4 is 0 Å². The Balaban J connectivity index is 2.83. The second kappa shape index (κ2) is 4.82. The second-order valence-electron chi connectivity index (χ2n) is 2.36. The largest absolute Gasteiger partial charge is 0.462 e. The van der Waals surface area contributed by atoms with Crippen molar-refractivity contribution in [1.82, 2.24) is 9.97 Å². The molecule has 0 spiro atoms. The average molecular weight is 191 g/mol. The molecule has 0 atom stereocenters. The highest BCUT2D eigenvalue weighted by Crippen LogP contribution is 2.02. The number of carbonyl (C=O) groups excluding carboxylic acids is 1. The highest BCUT2D eigenvalue weighted by molar-refractivity contribution is 5.97. The number of hydrogen-bond acceptors (Lipinski definition) is 4. The molecule has 0 amide bonds. The molecule has 0 aliphatic rings. The van der Waals surface area contributed by atoms with Crippen molar-refractivity contribution in [3.05, 3.63) is 23.8 Å². The van der Waals surface area contributed by atoms with Crippen LogP contribution in [0.5, 0.6) is 0 Å². The van der Waals surface area contributed by atoms with Gasteiger partial charge in [0.15, 0.2) is 0 Å². The molecular weight excluding hydrogens is 182 g/mol. The lowest BCUT2D eigenvalue weighted by atomic mass is 10.3. The molecule has 0 radical (unpaired) electrons. The Bertz CT molecular complexity index is 373. The number of carbonyl (C=O) groups is 1. The van der Waals surface area contributed by atoms with Crippen LogP contribution in [0.15, 0.2) is 18.0 Å². The lowest BCUT2D eigenvalue weighted by molar-refractivity contribution is -0.137. The van der Waals surface area contributed by atoms with E-state index in [1.54, 1.807) is 19.2 Å². The van der Waals surface area contributed by atoms with E-state index in [9.17, 15) is 4.79 Å². The molecular formula is C9H9N3O2. The molecule has 5 heteroatoms. The third kappa shape index (κ3) is 2.45. The fourth-order valence-corrected chi connectivity index (χ4v) is 0.839. The van der Waals surface area contributed by atoms with Crippen LogP contribution in [0, 0.1) is 11.3 Å². The number of nitrogens with one attached hydrogen (secondary N) is 1. The molecule has 0 saturated carbocycles. The molecule has 1 aromatic heterocycles. The maximum Gasteiger partial charge on any atom is 0.349 e. The van der Waals surface area contributed by atoms with Gasteiger partial charge in [0, 0.05) is 18.5 Å². The first-order valence-corrected chi connectivity index (χ1v) is 4.06. The Morgan fingerprint density at radius 2 is 2.64 bits per heavy atom. The maximum atomic E-state index is 11.1. The topological polar surface area (TPSA) is 78.8 Å². The lowest BCUT2D eigenvalue weighted by Crippen LogP contribution is -2.06. The second-order valence-corrected chi connectivity index (χ2v) is 2.36. The van der Waals surface area contributed by atoms with Crippen molar-refractivity contribution in [1.29, 1.82) is 5.26 Å². The van der Waals surface area contributed by atoms with Crippen LogP contribution in [0.25, 0.3) is 6.08 Å². The number of rotatable bonds is 3. The normalized spacial score (nSPS) is 10.7. The minimum Gasteiger partial charge on any atom is -0.462 e. The summed E-state index contributed by atoms with van der Waals surface area (Å²) in [4.78, 5) is 17.8. The molecule has 0 aliphatic heterocycles. The van der Waals surface area contributed by atoms with Gasteiger partial charge in [0.2, 0.25) is 0 Å². The van der Waals surface area contributed by atoms with E-state index in [2.05, 4.69) is 14.7 Å². The zero-order valence-corrected chi connectivity index (χ0v) is 7.65. The van der Waals surface area contributed by atoms with E-state index in [1.165, 1.54) is 12.3 Å². The van der Waals surface area contributed by atoms with E-state index in [1.807, 2.05) is 0 Å². The third-order valence-corrected chi connectivity index (χ3v) is 1.42. The van der Waals surface area contributed by atoms with Crippen LogP contribution in [0.1, 0.15) is 12.7 Å². The highest BCUT2D eigenvalue weighted by atomic mass is 16.5. The van der Waals surface area contributed by atoms with Crippen molar-refractivity contribution in [2.24, 2.45) is 0 Å². The van der Waals surface area contributed by atoms with Crippen molar-refractivity contribution < 1.29 is 9.53 Å². The van der Waals surface area contributed by atoms with E-state index in [4.69, 9.17) is 5.26 Å². The minimum absolute atomic E-state index is 0.0678. The van der Waals surface area contributed by atoms with Crippen LogP contribution in [0.3, 0.4) is 0 Å². The molecule has 1 aromatic rings. The van der Waals surface area contributed by atoms with Gasteiger partial charge in [0.05, 0.1) is 6.61 Å². The number of aromatic amines is 1. The van der Waals surface area contributed by atoms with Gasteiger partial charge in [-0.25, -0.2) is 9.78 Å². The van der Waals surface area contributed by atoms with Crippen molar-refractivity contribution in [3.63, 3.8) is 0 Å². The summed E-state index contributed by atoms with van der Waals surface area (Å²) in [6.07, 6.45) is 4.48. The summed E-state index contributed by atoms with van der Waals surface area (Å²) < 4.78 is 4.67. The molecule has 0 fully saturated rings. The fraction of sp³-hybridized carbons (Fsp3) is 0.222. The van der Waals surface area contributed by atoms with E-state index in [-0.39, 0.29) is 12.2 Å². The summed E-state index contributed by atoms with van der Waals surface area (Å²) in [5.74, 6) is -0.180. The Morgan fingerprint density at radius 1 is 1.86 bits per heavy atom. The molecule has 0 bridgehead atoms. The Kier molecular flexibility index (Phi) is 3.44. The quantitative estimate of drug-likeness (QED) is 0.437. The minimum atomic E-state index is -0.633. The molecule has 1 heterocycles. The summed E-state index contributed by atoms with van der Waals surface area (Å²) in [6, 6.07) is 1.75. The molecule has 0 saturated heterocycles. The average Bonchev–Trinajstić information content (AvgIpc) is 2.66. The van der Waals surface area contributed by atoms with E-state index in [0.29, 0.717) is 5.82 Å². The Morgan fingerprint density at radius 3 is 3.14 bits per heavy atom. The smallest absolute Gasteiger partial charge is 0.349 e. The Hall–Kier alpha value is -2.09. The Labute approximate surface area is 81.0 Å². The van der Waals surface area contributed by atoms with Crippen molar-refractivity contribution >= 4 is 12.0 Å². The van der Waals surface area contributed by atoms with Crippen LogP contribution in [0.4, 0.5) is 0 Å². The molecule has 0 aliphatic carbocycles.